The van der Waals surface area contributed by atoms with Gasteiger partial charge < -0.3 is 13.9 Å². The van der Waals surface area contributed by atoms with Gasteiger partial charge in [0.2, 0.25) is 6.10 Å². The van der Waals surface area contributed by atoms with E-state index < -0.39 is 18.0 Å². The summed E-state index contributed by atoms with van der Waals surface area (Å²) in [4.78, 5) is 23.5. The van der Waals surface area contributed by atoms with E-state index in [1.807, 2.05) is 0 Å². The lowest BCUT2D eigenvalue weighted by Gasteiger charge is -2.14. The van der Waals surface area contributed by atoms with Crippen LogP contribution < -0.4 is 0 Å². The first kappa shape index (κ1) is 14.6. The van der Waals surface area contributed by atoms with Crippen LogP contribution in [0.2, 0.25) is 0 Å². The van der Waals surface area contributed by atoms with Crippen molar-refractivity contribution < 1.29 is 23.5 Å². The average molecular weight is 286 g/mol. The number of rotatable bonds is 5. The average Bonchev–Trinajstić information content (AvgIpc) is 3.04. The number of hydrogen-bond donors (Lipinski definition) is 0. The van der Waals surface area contributed by atoms with Crippen LogP contribution in [0.1, 0.15) is 17.4 Å². The molecule has 1 atom stereocenters. The van der Waals surface area contributed by atoms with E-state index in [4.69, 9.17) is 9.15 Å². The number of furan rings is 1. The molecule has 0 aliphatic heterocycles. The third-order valence-electron chi connectivity index (χ3n) is 2.68. The Balaban J connectivity index is 2.08. The van der Waals surface area contributed by atoms with Crippen LogP contribution in [0.15, 0.2) is 59.2 Å². The zero-order chi connectivity index (χ0) is 15.1. The van der Waals surface area contributed by atoms with E-state index in [0.717, 1.165) is 0 Å². The van der Waals surface area contributed by atoms with Crippen LogP contribution in [-0.2, 0) is 19.1 Å². The highest BCUT2D eigenvalue weighted by Gasteiger charge is 2.24. The van der Waals surface area contributed by atoms with Gasteiger partial charge in [0.15, 0.2) is 0 Å². The first-order valence-electron chi connectivity index (χ1n) is 6.25. The Morgan fingerprint density at radius 2 is 1.90 bits per heavy atom. The summed E-state index contributed by atoms with van der Waals surface area (Å²) >= 11 is 0. The number of carbonyl (C=O) groups excluding carboxylic acids is 2. The monoisotopic (exact) mass is 286 g/mol. The van der Waals surface area contributed by atoms with E-state index in [9.17, 15) is 9.59 Å². The zero-order valence-electron chi connectivity index (χ0n) is 11.4. The zero-order valence-corrected chi connectivity index (χ0v) is 11.4. The number of ether oxygens (including phenoxy) is 2. The molecule has 0 bridgehead atoms. The molecule has 0 N–H and O–H groups in total. The maximum atomic E-state index is 11.8. The summed E-state index contributed by atoms with van der Waals surface area (Å²) in [5.41, 5.74) is 0.545. The highest BCUT2D eigenvalue weighted by Crippen LogP contribution is 2.19. The molecule has 5 heteroatoms. The Labute approximate surface area is 121 Å². The predicted molar refractivity (Wildman–Crippen MR) is 75.0 cm³/mol. The number of hydrogen-bond acceptors (Lipinski definition) is 5. The van der Waals surface area contributed by atoms with Gasteiger partial charge in [-0.3, -0.25) is 0 Å². The van der Waals surface area contributed by atoms with E-state index >= 15 is 0 Å². The van der Waals surface area contributed by atoms with E-state index in [1.165, 1.54) is 25.5 Å². The molecule has 0 amide bonds. The van der Waals surface area contributed by atoms with Gasteiger partial charge in [-0.25, -0.2) is 9.59 Å². The van der Waals surface area contributed by atoms with Gasteiger partial charge in [0, 0.05) is 11.6 Å². The van der Waals surface area contributed by atoms with Crippen LogP contribution in [0, 0.1) is 0 Å². The minimum absolute atomic E-state index is 0.515. The second-order valence-electron chi connectivity index (χ2n) is 4.10. The molecule has 0 spiro atoms. The van der Waals surface area contributed by atoms with Crippen LogP contribution >= 0.6 is 0 Å². The minimum Gasteiger partial charge on any atom is -0.466 e. The van der Waals surface area contributed by atoms with Crippen molar-refractivity contribution in [3.63, 3.8) is 0 Å². The molecule has 0 aliphatic carbocycles. The van der Waals surface area contributed by atoms with Gasteiger partial charge in [-0.2, -0.15) is 0 Å². The molecular formula is C16H14O5. The standard InChI is InChI=1S/C16H14O5/c1-19-16(18)15(12-6-3-2-4-7-12)21-14(17)10-9-13-8-5-11-20-13/h2-11,15H,1H3/b10-9+. The number of benzene rings is 1. The fourth-order valence-electron chi connectivity index (χ4n) is 1.68. The Hall–Kier alpha value is -2.82. The highest BCUT2D eigenvalue weighted by molar-refractivity contribution is 5.89. The fraction of sp³-hybridized carbons (Fsp3) is 0.125. The van der Waals surface area contributed by atoms with Gasteiger partial charge in [-0.1, -0.05) is 30.3 Å². The second kappa shape index (κ2) is 7.09. The second-order valence-corrected chi connectivity index (χ2v) is 4.10. The third kappa shape index (κ3) is 4.07. The first-order chi connectivity index (χ1) is 10.2. The normalized spacial score (nSPS) is 12.0. The van der Waals surface area contributed by atoms with Crippen molar-refractivity contribution in [1.29, 1.82) is 0 Å². The topological polar surface area (TPSA) is 65.7 Å². The smallest absolute Gasteiger partial charge is 0.351 e. The molecule has 0 radical (unpaired) electrons. The van der Waals surface area contributed by atoms with E-state index in [1.54, 1.807) is 42.5 Å². The molecule has 1 aromatic heterocycles. The quantitative estimate of drug-likeness (QED) is 0.624. The van der Waals surface area contributed by atoms with Crippen LogP contribution in [0.25, 0.3) is 6.08 Å². The van der Waals surface area contributed by atoms with Crippen molar-refractivity contribution in [3.8, 4) is 0 Å². The molecule has 1 unspecified atom stereocenters. The molecule has 1 heterocycles. The summed E-state index contributed by atoms with van der Waals surface area (Å²) < 4.78 is 14.9. The Bertz CT molecular complexity index is 613. The van der Waals surface area contributed by atoms with Crippen molar-refractivity contribution in [2.24, 2.45) is 0 Å². The number of carbonyl (C=O) groups is 2. The lowest BCUT2D eigenvalue weighted by Crippen LogP contribution is -2.20. The van der Waals surface area contributed by atoms with Crippen molar-refractivity contribution in [2.75, 3.05) is 7.11 Å². The van der Waals surface area contributed by atoms with E-state index in [-0.39, 0.29) is 0 Å². The van der Waals surface area contributed by atoms with Crippen molar-refractivity contribution >= 4 is 18.0 Å². The Morgan fingerprint density at radius 1 is 1.14 bits per heavy atom. The number of methoxy groups -OCH3 is 1. The molecule has 0 saturated carbocycles. The molecule has 5 nitrogen and oxygen atoms in total. The van der Waals surface area contributed by atoms with Gasteiger partial charge in [0.1, 0.15) is 5.76 Å². The molecule has 2 aromatic rings. The van der Waals surface area contributed by atoms with Gasteiger partial charge in [0.05, 0.1) is 13.4 Å². The molecule has 1 aromatic carbocycles. The third-order valence-corrected chi connectivity index (χ3v) is 2.68. The largest absolute Gasteiger partial charge is 0.466 e. The van der Waals surface area contributed by atoms with Crippen LogP contribution in [0.3, 0.4) is 0 Å². The summed E-state index contributed by atoms with van der Waals surface area (Å²) in [6.07, 6.45) is 3.05. The fourth-order valence-corrected chi connectivity index (χ4v) is 1.68. The molecule has 0 saturated heterocycles. The van der Waals surface area contributed by atoms with Crippen LogP contribution in [-0.4, -0.2) is 19.0 Å². The molecular weight excluding hydrogens is 272 g/mol. The highest BCUT2D eigenvalue weighted by atomic mass is 16.6. The van der Waals surface area contributed by atoms with Crippen LogP contribution in [0.5, 0.6) is 0 Å². The molecule has 0 fully saturated rings. The minimum atomic E-state index is -1.09. The number of esters is 2. The van der Waals surface area contributed by atoms with Gasteiger partial charge >= 0.3 is 11.9 Å². The van der Waals surface area contributed by atoms with Gasteiger partial charge in [-0.05, 0) is 18.2 Å². The lowest BCUT2D eigenvalue weighted by atomic mass is 10.1. The molecule has 108 valence electrons. The summed E-state index contributed by atoms with van der Waals surface area (Å²) in [5, 5.41) is 0. The summed E-state index contributed by atoms with van der Waals surface area (Å²) in [5.74, 6) is -0.784. The van der Waals surface area contributed by atoms with Crippen molar-refractivity contribution in [3.05, 3.63) is 66.1 Å². The van der Waals surface area contributed by atoms with E-state index in [2.05, 4.69) is 4.74 Å². The Kier molecular flexibility index (Phi) is 4.93. The summed E-state index contributed by atoms with van der Waals surface area (Å²) in [6, 6.07) is 12.1. The van der Waals surface area contributed by atoms with Crippen molar-refractivity contribution in [1.82, 2.24) is 0 Å². The molecule has 0 aliphatic rings. The summed E-state index contributed by atoms with van der Waals surface area (Å²) in [7, 11) is 1.24. The Morgan fingerprint density at radius 3 is 2.52 bits per heavy atom. The summed E-state index contributed by atoms with van der Waals surface area (Å²) in [6.45, 7) is 0. The SMILES string of the molecule is COC(=O)C(OC(=O)/C=C/c1ccco1)c1ccccc1. The maximum absolute atomic E-state index is 11.8. The lowest BCUT2D eigenvalue weighted by molar-refractivity contribution is -0.163. The molecule has 21 heavy (non-hydrogen) atoms. The predicted octanol–water partition coefficient (Wildman–Crippen LogP) is 2.75. The van der Waals surface area contributed by atoms with E-state index in [0.29, 0.717) is 11.3 Å². The molecule has 2 rings (SSSR count). The van der Waals surface area contributed by atoms with Gasteiger partial charge in [0.25, 0.3) is 0 Å². The maximum Gasteiger partial charge on any atom is 0.351 e. The van der Waals surface area contributed by atoms with Crippen LogP contribution in [0.4, 0.5) is 0 Å². The van der Waals surface area contributed by atoms with Gasteiger partial charge in [-0.15, -0.1) is 0 Å². The first-order valence-corrected chi connectivity index (χ1v) is 6.25. The van der Waals surface area contributed by atoms with Crippen molar-refractivity contribution in [2.45, 2.75) is 6.10 Å².